The normalized spacial score (nSPS) is 17.7. The Morgan fingerprint density at radius 3 is 3.00 bits per heavy atom. The molecule has 8 nitrogen and oxygen atoms in total. The van der Waals surface area contributed by atoms with E-state index in [2.05, 4.69) is 20.6 Å². The average molecular weight is 238 g/mol. The number of hydrogen-bond donors (Lipinski definition) is 3. The number of rotatable bonds is 3. The molecule has 1 aromatic rings. The fourth-order valence-corrected chi connectivity index (χ4v) is 1.51. The molecule has 1 aliphatic heterocycles. The van der Waals surface area contributed by atoms with Gasteiger partial charge in [0.25, 0.3) is 0 Å². The van der Waals surface area contributed by atoms with Crippen molar-refractivity contribution in [3.05, 3.63) is 6.33 Å². The van der Waals surface area contributed by atoms with Crippen molar-refractivity contribution in [1.82, 2.24) is 9.97 Å². The van der Waals surface area contributed by atoms with Crippen LogP contribution in [0.2, 0.25) is 0 Å². The van der Waals surface area contributed by atoms with Gasteiger partial charge in [0.05, 0.1) is 13.5 Å². The molecule has 2 rings (SSSR count). The van der Waals surface area contributed by atoms with Crippen LogP contribution < -0.4 is 15.4 Å². The second-order valence-corrected chi connectivity index (χ2v) is 3.39. The fraction of sp³-hybridized carbons (Fsp3) is 0.333. The van der Waals surface area contributed by atoms with Gasteiger partial charge in [-0.3, -0.25) is 9.59 Å². The molecule has 1 amide bonds. The summed E-state index contributed by atoms with van der Waals surface area (Å²) in [5, 5.41) is 13.9. The second kappa shape index (κ2) is 4.24. The number of carbonyl (C=O) groups excluding carboxylic acids is 1. The quantitative estimate of drug-likeness (QED) is 0.662. The molecule has 1 atom stereocenters. The third-order valence-electron chi connectivity index (χ3n) is 2.26. The summed E-state index contributed by atoms with van der Waals surface area (Å²) in [6, 6.07) is -0.848. The van der Waals surface area contributed by atoms with E-state index in [0.717, 1.165) is 0 Å². The van der Waals surface area contributed by atoms with Crippen molar-refractivity contribution in [3.8, 4) is 5.88 Å². The van der Waals surface area contributed by atoms with Gasteiger partial charge in [-0.15, -0.1) is 0 Å². The SMILES string of the molecule is COc1ncnc2c1NC(=O)C(CC(=O)O)N2. The first-order valence-corrected chi connectivity index (χ1v) is 4.80. The molecule has 8 heteroatoms. The van der Waals surface area contributed by atoms with E-state index in [1.807, 2.05) is 0 Å². The summed E-state index contributed by atoms with van der Waals surface area (Å²) in [5.74, 6) is -0.942. The van der Waals surface area contributed by atoms with Crippen LogP contribution in [0.1, 0.15) is 6.42 Å². The number of hydrogen-bond acceptors (Lipinski definition) is 6. The molecular weight excluding hydrogens is 228 g/mol. The summed E-state index contributed by atoms with van der Waals surface area (Å²) >= 11 is 0. The summed E-state index contributed by atoms with van der Waals surface area (Å²) in [5.41, 5.74) is 0.321. The molecule has 2 heterocycles. The van der Waals surface area contributed by atoms with E-state index in [1.165, 1.54) is 13.4 Å². The highest BCUT2D eigenvalue weighted by atomic mass is 16.5. The maximum absolute atomic E-state index is 11.6. The first-order chi connectivity index (χ1) is 8.11. The molecule has 0 aliphatic carbocycles. The number of methoxy groups -OCH3 is 1. The van der Waals surface area contributed by atoms with Crippen molar-refractivity contribution in [2.24, 2.45) is 0 Å². The van der Waals surface area contributed by atoms with Gasteiger partial charge in [-0.05, 0) is 0 Å². The van der Waals surface area contributed by atoms with Gasteiger partial charge >= 0.3 is 5.97 Å². The van der Waals surface area contributed by atoms with Crippen molar-refractivity contribution < 1.29 is 19.4 Å². The minimum Gasteiger partial charge on any atom is -0.481 e. The van der Waals surface area contributed by atoms with Gasteiger partial charge in [0, 0.05) is 0 Å². The lowest BCUT2D eigenvalue weighted by molar-refractivity contribution is -0.138. The molecule has 3 N–H and O–H groups in total. The maximum atomic E-state index is 11.6. The largest absolute Gasteiger partial charge is 0.481 e. The van der Waals surface area contributed by atoms with E-state index in [0.29, 0.717) is 11.5 Å². The van der Waals surface area contributed by atoms with Gasteiger partial charge in [-0.1, -0.05) is 0 Å². The molecular formula is C9H10N4O4. The molecule has 90 valence electrons. The van der Waals surface area contributed by atoms with E-state index in [9.17, 15) is 9.59 Å². The summed E-state index contributed by atoms with van der Waals surface area (Å²) in [4.78, 5) is 29.9. The Hall–Kier alpha value is -2.38. The van der Waals surface area contributed by atoms with E-state index in [-0.39, 0.29) is 12.3 Å². The number of carboxylic acid groups (broad SMARTS) is 1. The lowest BCUT2D eigenvalue weighted by Crippen LogP contribution is -2.40. The van der Waals surface area contributed by atoms with Crippen LogP contribution in [-0.2, 0) is 9.59 Å². The van der Waals surface area contributed by atoms with E-state index < -0.39 is 17.9 Å². The van der Waals surface area contributed by atoms with Gasteiger partial charge in [0.1, 0.15) is 18.1 Å². The van der Waals surface area contributed by atoms with Crippen molar-refractivity contribution >= 4 is 23.4 Å². The number of carbonyl (C=O) groups is 2. The first kappa shape index (κ1) is 11.1. The van der Waals surface area contributed by atoms with Crippen LogP contribution in [-0.4, -0.2) is 40.1 Å². The lowest BCUT2D eigenvalue weighted by atomic mass is 10.1. The molecule has 0 spiro atoms. The third kappa shape index (κ3) is 2.10. The zero-order chi connectivity index (χ0) is 12.4. The number of aromatic nitrogens is 2. The van der Waals surface area contributed by atoms with Crippen LogP contribution in [0.15, 0.2) is 6.33 Å². The Bertz CT molecular complexity index is 476. The zero-order valence-corrected chi connectivity index (χ0v) is 8.93. The van der Waals surface area contributed by atoms with Gasteiger partial charge in [0.15, 0.2) is 5.82 Å². The van der Waals surface area contributed by atoms with Crippen molar-refractivity contribution in [2.45, 2.75) is 12.5 Å². The first-order valence-electron chi connectivity index (χ1n) is 4.80. The van der Waals surface area contributed by atoms with E-state index in [4.69, 9.17) is 9.84 Å². The average Bonchev–Trinajstić information content (AvgIpc) is 2.29. The standard InChI is InChI=1S/C9H10N4O4/c1-17-9-6-7(10-3-11-9)12-4(2-5(14)15)8(16)13-6/h3-4H,2H2,1H3,(H,13,16)(H,14,15)(H,10,11,12). The van der Waals surface area contributed by atoms with Gasteiger partial charge in [-0.2, -0.15) is 4.98 Å². The highest BCUT2D eigenvalue weighted by Gasteiger charge is 2.30. The summed E-state index contributed by atoms with van der Waals surface area (Å²) in [6.07, 6.45) is 0.942. The molecule has 1 aliphatic rings. The van der Waals surface area contributed by atoms with Gasteiger partial charge < -0.3 is 20.5 Å². The molecule has 0 aromatic carbocycles. The van der Waals surface area contributed by atoms with Gasteiger partial charge in [0.2, 0.25) is 11.8 Å². The lowest BCUT2D eigenvalue weighted by Gasteiger charge is -2.25. The van der Waals surface area contributed by atoms with Crippen molar-refractivity contribution in [3.63, 3.8) is 0 Å². The Labute approximate surface area is 96.0 Å². The zero-order valence-electron chi connectivity index (χ0n) is 8.93. The molecule has 0 bridgehead atoms. The van der Waals surface area contributed by atoms with Crippen LogP contribution in [0.25, 0.3) is 0 Å². The topological polar surface area (TPSA) is 113 Å². The summed E-state index contributed by atoms with van der Waals surface area (Å²) in [7, 11) is 1.41. The Kier molecular flexibility index (Phi) is 2.77. The monoisotopic (exact) mass is 238 g/mol. The van der Waals surface area contributed by atoms with E-state index in [1.54, 1.807) is 0 Å². The molecule has 0 radical (unpaired) electrons. The Morgan fingerprint density at radius 2 is 2.35 bits per heavy atom. The van der Waals surface area contributed by atoms with Crippen molar-refractivity contribution in [2.75, 3.05) is 17.7 Å². The fourth-order valence-electron chi connectivity index (χ4n) is 1.51. The van der Waals surface area contributed by atoms with Crippen molar-refractivity contribution in [1.29, 1.82) is 0 Å². The number of nitrogens with zero attached hydrogens (tertiary/aromatic N) is 2. The van der Waals surface area contributed by atoms with Crippen LogP contribution in [0.4, 0.5) is 11.5 Å². The van der Waals surface area contributed by atoms with Gasteiger partial charge in [-0.25, -0.2) is 4.98 Å². The highest BCUT2D eigenvalue weighted by molar-refractivity contribution is 6.04. The molecule has 0 saturated heterocycles. The molecule has 0 fully saturated rings. The summed E-state index contributed by atoms with van der Waals surface area (Å²) < 4.78 is 4.96. The number of amides is 1. The predicted molar refractivity (Wildman–Crippen MR) is 56.9 cm³/mol. The molecule has 1 unspecified atom stereocenters. The Morgan fingerprint density at radius 1 is 1.59 bits per heavy atom. The number of aliphatic carboxylic acids is 1. The molecule has 1 aromatic heterocycles. The number of carboxylic acids is 1. The second-order valence-electron chi connectivity index (χ2n) is 3.39. The molecule has 17 heavy (non-hydrogen) atoms. The highest BCUT2D eigenvalue weighted by Crippen LogP contribution is 2.31. The van der Waals surface area contributed by atoms with Crippen LogP contribution in [0.5, 0.6) is 5.88 Å². The Balaban J connectivity index is 2.29. The minimum absolute atomic E-state index is 0.227. The molecule has 0 saturated carbocycles. The van der Waals surface area contributed by atoms with Crippen LogP contribution in [0, 0.1) is 0 Å². The minimum atomic E-state index is -1.07. The van der Waals surface area contributed by atoms with E-state index >= 15 is 0 Å². The van der Waals surface area contributed by atoms with Crippen LogP contribution in [0.3, 0.4) is 0 Å². The number of nitrogens with one attached hydrogen (secondary N) is 2. The number of anilines is 2. The third-order valence-corrected chi connectivity index (χ3v) is 2.26. The number of ether oxygens (including phenoxy) is 1. The number of fused-ring (bicyclic) bond motifs is 1. The smallest absolute Gasteiger partial charge is 0.305 e. The van der Waals surface area contributed by atoms with Crippen LogP contribution >= 0.6 is 0 Å². The maximum Gasteiger partial charge on any atom is 0.305 e. The summed E-state index contributed by atoms with van der Waals surface area (Å²) in [6.45, 7) is 0. The predicted octanol–water partition coefficient (Wildman–Crippen LogP) is -0.308.